The Bertz CT molecular complexity index is 658. The first-order valence-corrected chi connectivity index (χ1v) is 8.28. The van der Waals surface area contributed by atoms with Gasteiger partial charge in [-0.2, -0.15) is 0 Å². The summed E-state index contributed by atoms with van der Waals surface area (Å²) in [5.41, 5.74) is 2.73. The van der Waals surface area contributed by atoms with Crippen LogP contribution in [0, 0.1) is 0 Å². The number of carboxylic acids is 2. The summed E-state index contributed by atoms with van der Waals surface area (Å²) < 4.78 is 5.16. The zero-order valence-corrected chi connectivity index (χ0v) is 15.0. The van der Waals surface area contributed by atoms with E-state index in [9.17, 15) is 0 Å². The normalized spacial score (nSPS) is 11.0. The van der Waals surface area contributed by atoms with Crippen molar-refractivity contribution in [1.29, 1.82) is 0 Å². The molecule has 0 bridgehead atoms. The highest BCUT2D eigenvalue weighted by Gasteiger charge is 2.04. The number of carboxylic acid groups (broad SMARTS) is 2. The average Bonchev–Trinajstić information content (AvgIpc) is 2.66. The monoisotopic (exact) mass is 359 g/mol. The van der Waals surface area contributed by atoms with E-state index in [0.29, 0.717) is 5.92 Å². The largest absolute Gasteiger partial charge is 0.497 e. The van der Waals surface area contributed by atoms with E-state index in [4.69, 9.17) is 24.5 Å². The third kappa shape index (κ3) is 8.30. The molecule has 1 unspecified atom stereocenters. The molecule has 0 saturated carbocycles. The summed E-state index contributed by atoms with van der Waals surface area (Å²) in [4.78, 5) is 18.2. The molecule has 6 heteroatoms. The van der Waals surface area contributed by atoms with E-state index in [1.165, 1.54) is 11.1 Å². The molecule has 0 fully saturated rings. The van der Waals surface area contributed by atoms with E-state index < -0.39 is 11.9 Å². The van der Waals surface area contributed by atoms with Crippen LogP contribution < -0.4 is 10.1 Å². The molecule has 3 N–H and O–H groups in total. The van der Waals surface area contributed by atoms with Crippen LogP contribution in [0.5, 0.6) is 5.75 Å². The number of carbonyl (C=O) groups is 2. The molecule has 6 nitrogen and oxygen atoms in total. The molecule has 140 valence electrons. The van der Waals surface area contributed by atoms with Gasteiger partial charge in [0.2, 0.25) is 0 Å². The van der Waals surface area contributed by atoms with Crippen LogP contribution in [0.1, 0.15) is 24.0 Å². The second-order valence-electron chi connectivity index (χ2n) is 5.72. The van der Waals surface area contributed by atoms with Crippen LogP contribution in [0.15, 0.2) is 54.6 Å². The van der Waals surface area contributed by atoms with Gasteiger partial charge in [0.15, 0.2) is 0 Å². The highest BCUT2D eigenvalue weighted by molar-refractivity contribution is 6.27. The van der Waals surface area contributed by atoms with Gasteiger partial charge in [-0.1, -0.05) is 49.4 Å². The summed E-state index contributed by atoms with van der Waals surface area (Å²) >= 11 is 0. The van der Waals surface area contributed by atoms with Gasteiger partial charge in [-0.15, -0.1) is 0 Å². The number of hydrogen-bond acceptors (Lipinski definition) is 4. The number of hydrogen-bond donors (Lipinski definition) is 3. The summed E-state index contributed by atoms with van der Waals surface area (Å²) in [7, 11) is 1.70. The Morgan fingerprint density at radius 1 is 1.00 bits per heavy atom. The minimum atomic E-state index is -1.82. The number of benzene rings is 2. The minimum Gasteiger partial charge on any atom is -0.497 e. The highest BCUT2D eigenvalue weighted by Crippen LogP contribution is 2.13. The van der Waals surface area contributed by atoms with Crippen LogP contribution in [0.25, 0.3) is 0 Å². The van der Waals surface area contributed by atoms with Crippen molar-refractivity contribution in [3.05, 3.63) is 65.7 Å². The van der Waals surface area contributed by atoms with Crippen molar-refractivity contribution in [2.75, 3.05) is 20.2 Å². The molecule has 2 aromatic rings. The maximum Gasteiger partial charge on any atom is 0.414 e. The standard InChI is InChI=1S/C18H23NO.C2H2O4/c1-15(17-6-4-3-5-7-17)14-19-13-12-16-8-10-18(20-2)11-9-16;3-1(4)2(5)6/h3-11,15,19H,12-14H2,1-2H3;(H,3,4)(H,5,6). The molecule has 2 aromatic carbocycles. The van der Waals surface area contributed by atoms with Crippen molar-refractivity contribution in [2.45, 2.75) is 19.3 Å². The quantitative estimate of drug-likeness (QED) is 0.520. The number of ether oxygens (including phenoxy) is 1. The summed E-state index contributed by atoms with van der Waals surface area (Å²) in [5, 5.41) is 18.3. The Kier molecular flexibility index (Phi) is 9.49. The van der Waals surface area contributed by atoms with Gasteiger partial charge in [0.05, 0.1) is 7.11 Å². The molecule has 0 radical (unpaired) electrons. The lowest BCUT2D eigenvalue weighted by molar-refractivity contribution is -0.159. The van der Waals surface area contributed by atoms with Crippen LogP contribution >= 0.6 is 0 Å². The van der Waals surface area contributed by atoms with E-state index in [-0.39, 0.29) is 0 Å². The van der Waals surface area contributed by atoms with Crippen molar-refractivity contribution >= 4 is 11.9 Å². The first kappa shape index (κ1) is 21.2. The van der Waals surface area contributed by atoms with E-state index in [1.54, 1.807) is 7.11 Å². The number of aliphatic carboxylic acids is 2. The fourth-order valence-electron chi connectivity index (χ4n) is 2.24. The maximum absolute atomic E-state index is 9.10. The van der Waals surface area contributed by atoms with E-state index in [2.05, 4.69) is 54.7 Å². The lowest BCUT2D eigenvalue weighted by Crippen LogP contribution is -2.22. The predicted molar refractivity (Wildman–Crippen MR) is 99.7 cm³/mol. The first-order valence-electron chi connectivity index (χ1n) is 8.28. The molecule has 0 aliphatic heterocycles. The third-order valence-corrected chi connectivity index (χ3v) is 3.75. The third-order valence-electron chi connectivity index (χ3n) is 3.75. The number of rotatable bonds is 7. The molecule has 0 aromatic heterocycles. The van der Waals surface area contributed by atoms with Gasteiger partial charge < -0.3 is 20.3 Å². The van der Waals surface area contributed by atoms with Gasteiger partial charge in [-0.25, -0.2) is 9.59 Å². The van der Waals surface area contributed by atoms with Gasteiger partial charge in [-0.3, -0.25) is 0 Å². The lowest BCUT2D eigenvalue weighted by Gasteiger charge is -2.13. The molecule has 0 amide bonds. The van der Waals surface area contributed by atoms with Gasteiger partial charge in [0.25, 0.3) is 0 Å². The Morgan fingerprint density at radius 3 is 2.08 bits per heavy atom. The smallest absolute Gasteiger partial charge is 0.414 e. The number of methoxy groups -OCH3 is 1. The predicted octanol–water partition coefficient (Wildman–Crippen LogP) is 2.79. The summed E-state index contributed by atoms with van der Waals surface area (Å²) in [6.45, 7) is 4.28. The molecule has 0 heterocycles. The Morgan fingerprint density at radius 2 is 1.58 bits per heavy atom. The molecule has 0 saturated heterocycles. The molecule has 26 heavy (non-hydrogen) atoms. The highest BCUT2D eigenvalue weighted by atomic mass is 16.5. The molecular weight excluding hydrogens is 334 g/mol. The van der Waals surface area contributed by atoms with Crippen molar-refractivity contribution < 1.29 is 24.5 Å². The van der Waals surface area contributed by atoms with Crippen LogP contribution in [0.3, 0.4) is 0 Å². The molecular formula is C20H25NO5. The maximum atomic E-state index is 9.10. The zero-order chi connectivity index (χ0) is 19.4. The van der Waals surface area contributed by atoms with Gasteiger partial charge in [0.1, 0.15) is 5.75 Å². The first-order chi connectivity index (χ1) is 12.4. The van der Waals surface area contributed by atoms with Crippen molar-refractivity contribution in [2.24, 2.45) is 0 Å². The minimum absolute atomic E-state index is 0.548. The van der Waals surface area contributed by atoms with E-state index in [1.807, 2.05) is 12.1 Å². The summed E-state index contributed by atoms with van der Waals surface area (Å²) in [5.74, 6) is -2.18. The Balaban J connectivity index is 0.000000487. The molecule has 0 spiro atoms. The van der Waals surface area contributed by atoms with E-state index >= 15 is 0 Å². The van der Waals surface area contributed by atoms with Crippen LogP contribution in [-0.4, -0.2) is 42.4 Å². The summed E-state index contributed by atoms with van der Waals surface area (Å²) in [6.07, 6.45) is 1.05. The lowest BCUT2D eigenvalue weighted by atomic mass is 10.0. The molecule has 1 atom stereocenters. The van der Waals surface area contributed by atoms with Crippen LogP contribution in [0.4, 0.5) is 0 Å². The molecule has 0 aliphatic carbocycles. The SMILES string of the molecule is COc1ccc(CCNCC(C)c2ccccc2)cc1.O=C(O)C(=O)O. The Labute approximate surface area is 153 Å². The fraction of sp³-hybridized carbons (Fsp3) is 0.300. The van der Waals surface area contributed by atoms with Crippen LogP contribution in [-0.2, 0) is 16.0 Å². The fourth-order valence-corrected chi connectivity index (χ4v) is 2.24. The summed E-state index contributed by atoms with van der Waals surface area (Å²) in [6, 6.07) is 18.9. The van der Waals surface area contributed by atoms with Gasteiger partial charge >= 0.3 is 11.9 Å². The second kappa shape index (κ2) is 11.7. The average molecular weight is 359 g/mol. The zero-order valence-electron chi connectivity index (χ0n) is 15.0. The van der Waals surface area contributed by atoms with E-state index in [0.717, 1.165) is 25.3 Å². The topological polar surface area (TPSA) is 95.9 Å². The van der Waals surface area contributed by atoms with Crippen molar-refractivity contribution in [1.82, 2.24) is 5.32 Å². The van der Waals surface area contributed by atoms with Gasteiger partial charge in [-0.05, 0) is 42.1 Å². The molecule has 2 rings (SSSR count). The number of nitrogens with one attached hydrogen (secondary N) is 1. The molecule has 0 aliphatic rings. The van der Waals surface area contributed by atoms with Crippen molar-refractivity contribution in [3.8, 4) is 5.75 Å². The second-order valence-corrected chi connectivity index (χ2v) is 5.72. The van der Waals surface area contributed by atoms with Crippen LogP contribution in [0.2, 0.25) is 0 Å². The Hall–Kier alpha value is -2.86. The van der Waals surface area contributed by atoms with Crippen molar-refractivity contribution in [3.63, 3.8) is 0 Å². The van der Waals surface area contributed by atoms with Gasteiger partial charge in [0, 0.05) is 6.54 Å².